The first-order chi connectivity index (χ1) is 19.9. The van der Waals surface area contributed by atoms with Gasteiger partial charge in [-0.15, -0.1) is 0 Å². The van der Waals surface area contributed by atoms with Crippen LogP contribution >= 0.6 is 7.60 Å². The molecule has 1 fully saturated rings. The Bertz CT molecular complexity index is 1340. The summed E-state index contributed by atoms with van der Waals surface area (Å²) in [7, 11) is -3.48. The number of alkyl carbamates (subject to hydrolysis) is 1. The lowest BCUT2D eigenvalue weighted by Crippen LogP contribution is -2.45. The Morgan fingerprint density at radius 3 is 2.12 bits per heavy atom. The van der Waals surface area contributed by atoms with E-state index in [1.165, 1.54) is 6.66 Å². The molecule has 8 nitrogen and oxygen atoms in total. The Hall–Kier alpha value is -3.45. The van der Waals surface area contributed by atoms with Crippen LogP contribution in [0.1, 0.15) is 54.7 Å². The van der Waals surface area contributed by atoms with Crippen LogP contribution in [0.5, 0.6) is 0 Å². The minimum Gasteiger partial charge on any atom is -0.459 e. The van der Waals surface area contributed by atoms with E-state index in [1.807, 2.05) is 66.7 Å². The number of ether oxygens (including phenoxy) is 2. The van der Waals surface area contributed by atoms with Crippen LogP contribution in [0.2, 0.25) is 0 Å². The average molecular weight is 578 g/mol. The third-order valence-electron chi connectivity index (χ3n) is 7.51. The summed E-state index contributed by atoms with van der Waals surface area (Å²) in [6.07, 6.45) is 3.87. The number of hydrogen-bond acceptors (Lipinski definition) is 7. The van der Waals surface area contributed by atoms with Gasteiger partial charge >= 0.3 is 19.7 Å². The van der Waals surface area contributed by atoms with Gasteiger partial charge in [-0.1, -0.05) is 98.1 Å². The number of amides is 1. The van der Waals surface area contributed by atoms with E-state index < -0.39 is 25.7 Å². The van der Waals surface area contributed by atoms with Crippen molar-refractivity contribution in [3.63, 3.8) is 0 Å². The molecule has 9 heteroatoms. The number of nitrogens with one attached hydrogen (secondary N) is 1. The van der Waals surface area contributed by atoms with Crippen molar-refractivity contribution in [1.29, 1.82) is 0 Å². The summed E-state index contributed by atoms with van der Waals surface area (Å²) in [4.78, 5) is 26.0. The molecular weight excluding hydrogens is 541 g/mol. The lowest BCUT2D eigenvalue weighted by molar-refractivity contribution is -0.148. The predicted octanol–water partition coefficient (Wildman–Crippen LogP) is 6.83. The molecule has 41 heavy (non-hydrogen) atoms. The van der Waals surface area contributed by atoms with Crippen molar-refractivity contribution < 1.29 is 32.7 Å². The van der Waals surface area contributed by atoms with Crippen molar-refractivity contribution in [3.8, 4) is 11.1 Å². The van der Waals surface area contributed by atoms with Crippen LogP contribution in [0, 0.1) is 0 Å². The molecule has 0 aromatic heterocycles. The van der Waals surface area contributed by atoms with E-state index in [-0.39, 0.29) is 31.8 Å². The fraction of sp³-hybridized carbons (Fsp3) is 0.375. The van der Waals surface area contributed by atoms with Gasteiger partial charge in [-0.2, -0.15) is 0 Å². The largest absolute Gasteiger partial charge is 0.459 e. The fourth-order valence-electron chi connectivity index (χ4n) is 5.46. The minimum atomic E-state index is -3.48. The summed E-state index contributed by atoms with van der Waals surface area (Å²) in [5.74, 6) is -0.854. The highest BCUT2D eigenvalue weighted by atomic mass is 31.2. The number of carbonyl (C=O) groups excluding carboxylic acids is 2. The normalized spacial score (nSPS) is 17.1. The smallest absolute Gasteiger partial charge is 0.407 e. The minimum absolute atomic E-state index is 0.0188. The van der Waals surface area contributed by atoms with Gasteiger partial charge in [0.05, 0.1) is 12.7 Å². The van der Waals surface area contributed by atoms with Crippen molar-refractivity contribution in [2.24, 2.45) is 0 Å². The fourth-order valence-corrected chi connectivity index (χ4v) is 6.70. The van der Waals surface area contributed by atoms with Gasteiger partial charge in [-0.3, -0.25) is 4.57 Å². The molecule has 1 amide bonds. The van der Waals surface area contributed by atoms with Crippen LogP contribution in [0.3, 0.4) is 0 Å². The molecule has 2 atom stereocenters. The number of carbonyl (C=O) groups is 2. The van der Waals surface area contributed by atoms with Crippen LogP contribution in [0.25, 0.3) is 11.1 Å². The maximum Gasteiger partial charge on any atom is 0.407 e. The van der Waals surface area contributed by atoms with Gasteiger partial charge in [0, 0.05) is 12.6 Å². The summed E-state index contributed by atoms with van der Waals surface area (Å²) >= 11 is 0. The van der Waals surface area contributed by atoms with E-state index >= 15 is 0 Å². The summed E-state index contributed by atoms with van der Waals surface area (Å²) in [6, 6.07) is 24.1. The Morgan fingerprint density at radius 2 is 1.46 bits per heavy atom. The van der Waals surface area contributed by atoms with Crippen molar-refractivity contribution in [2.75, 3.05) is 19.9 Å². The van der Waals surface area contributed by atoms with Crippen LogP contribution < -0.4 is 5.32 Å². The average Bonchev–Trinajstić information content (AvgIpc) is 3.31. The Morgan fingerprint density at radius 1 is 0.854 bits per heavy atom. The molecule has 0 heterocycles. The number of esters is 1. The van der Waals surface area contributed by atoms with E-state index in [4.69, 9.17) is 18.5 Å². The Kier molecular flexibility index (Phi) is 9.55. The first kappa shape index (κ1) is 29.1. The van der Waals surface area contributed by atoms with Crippen molar-refractivity contribution in [1.82, 2.24) is 5.32 Å². The van der Waals surface area contributed by atoms with E-state index in [2.05, 4.69) is 17.4 Å². The molecule has 3 aromatic rings. The van der Waals surface area contributed by atoms with E-state index in [0.29, 0.717) is 0 Å². The molecule has 0 aliphatic heterocycles. The SMILES string of the molecule is CP(=O)(OC[C@H](NC(=O)OCC1c2ccccc2-c2ccccc21)C(=O)OCc1ccccc1)OC1CCCCC1. The zero-order valence-corrected chi connectivity index (χ0v) is 24.1. The number of fused-ring (bicyclic) bond motifs is 3. The van der Waals surface area contributed by atoms with E-state index in [0.717, 1.165) is 59.9 Å². The molecule has 0 saturated heterocycles. The van der Waals surface area contributed by atoms with Crippen LogP contribution in [0.15, 0.2) is 78.9 Å². The van der Waals surface area contributed by atoms with Gasteiger partial charge in [0.15, 0.2) is 6.04 Å². The molecule has 0 bridgehead atoms. The lowest BCUT2D eigenvalue weighted by Gasteiger charge is -2.26. The standard InChI is InChI=1S/C32H36NO7P/c1-41(36,40-24-14-6-3-7-15-24)39-22-30(31(34)37-20-23-12-4-2-5-13-23)33-32(35)38-21-29-27-18-10-8-16-25(27)26-17-9-11-19-28(26)29/h2,4-5,8-13,16-19,24,29-30H,3,6-7,14-15,20-22H2,1H3,(H,33,35)/t30-,41?/m0/s1. The Balaban J connectivity index is 1.22. The molecular formula is C32H36NO7P. The molecule has 2 aliphatic carbocycles. The number of hydrogen-bond donors (Lipinski definition) is 1. The Labute approximate surface area is 240 Å². The zero-order valence-electron chi connectivity index (χ0n) is 23.2. The molecule has 0 spiro atoms. The molecule has 1 saturated carbocycles. The predicted molar refractivity (Wildman–Crippen MR) is 156 cm³/mol. The van der Waals surface area contributed by atoms with Gasteiger partial charge in [0.25, 0.3) is 0 Å². The number of benzene rings is 3. The molecule has 2 aliphatic rings. The molecule has 216 valence electrons. The summed E-state index contributed by atoms with van der Waals surface area (Å²) in [6.45, 7) is 1.12. The van der Waals surface area contributed by atoms with Gasteiger partial charge in [-0.05, 0) is 40.7 Å². The zero-order chi connectivity index (χ0) is 28.7. The maximum absolute atomic E-state index is 13.1. The second kappa shape index (κ2) is 13.5. The highest BCUT2D eigenvalue weighted by Crippen LogP contribution is 2.47. The molecule has 3 aromatic carbocycles. The second-order valence-electron chi connectivity index (χ2n) is 10.5. The quantitative estimate of drug-likeness (QED) is 0.197. The first-order valence-electron chi connectivity index (χ1n) is 14.1. The summed E-state index contributed by atoms with van der Waals surface area (Å²) < 4.78 is 35.5. The van der Waals surface area contributed by atoms with Crippen molar-refractivity contribution >= 4 is 19.7 Å². The lowest BCUT2D eigenvalue weighted by atomic mass is 9.98. The third kappa shape index (κ3) is 7.64. The first-order valence-corrected chi connectivity index (χ1v) is 16.1. The molecule has 1 unspecified atom stereocenters. The maximum atomic E-state index is 13.1. The molecule has 5 rings (SSSR count). The molecule has 1 N–H and O–H groups in total. The highest BCUT2D eigenvalue weighted by molar-refractivity contribution is 7.53. The van der Waals surface area contributed by atoms with Gasteiger partial charge in [0.2, 0.25) is 0 Å². The summed E-state index contributed by atoms with van der Waals surface area (Å²) in [5, 5.41) is 2.56. The molecule has 0 radical (unpaired) electrons. The number of rotatable bonds is 11. The monoisotopic (exact) mass is 577 g/mol. The van der Waals surface area contributed by atoms with Crippen LogP contribution in [-0.2, 0) is 34.5 Å². The van der Waals surface area contributed by atoms with Crippen molar-refractivity contribution in [2.45, 2.75) is 56.8 Å². The van der Waals surface area contributed by atoms with E-state index in [9.17, 15) is 14.2 Å². The van der Waals surface area contributed by atoms with Gasteiger partial charge < -0.3 is 23.8 Å². The van der Waals surface area contributed by atoms with Crippen molar-refractivity contribution in [3.05, 3.63) is 95.6 Å². The van der Waals surface area contributed by atoms with Gasteiger partial charge in [0.1, 0.15) is 13.2 Å². The van der Waals surface area contributed by atoms with Gasteiger partial charge in [-0.25, -0.2) is 9.59 Å². The third-order valence-corrected chi connectivity index (χ3v) is 8.81. The topological polar surface area (TPSA) is 100 Å². The van der Waals surface area contributed by atoms with Crippen LogP contribution in [-0.4, -0.2) is 44.1 Å². The second-order valence-corrected chi connectivity index (χ2v) is 12.6. The van der Waals surface area contributed by atoms with E-state index in [1.54, 1.807) is 0 Å². The summed E-state index contributed by atoms with van der Waals surface area (Å²) in [5.41, 5.74) is 5.18. The van der Waals surface area contributed by atoms with Crippen LogP contribution in [0.4, 0.5) is 4.79 Å². The highest BCUT2D eigenvalue weighted by Gasteiger charge is 2.32.